The predicted molar refractivity (Wildman–Crippen MR) is 128 cm³/mol. The Bertz CT molecular complexity index is 1200. The Hall–Kier alpha value is -2.33. The SMILES string of the molecule is C[C@@H]1C[C@H]2[C@@H]3C[C@H](F)C4=CC(=O)C(OC(=O)c5ccco5)=C[C@]4(C)[C@@]3(F)[C@@H](O)C[C@]2(C)[C@H]1C(=O)SCF. The molecule has 0 aliphatic heterocycles. The number of alkyl halides is 3. The molecule has 4 aliphatic carbocycles. The highest BCUT2D eigenvalue weighted by Gasteiger charge is 2.73. The normalized spacial score (nSPS) is 42.7. The maximum absolute atomic E-state index is 17.5. The Morgan fingerprint density at radius 2 is 2.00 bits per heavy atom. The number of hydrogen-bond donors (Lipinski definition) is 1. The second kappa shape index (κ2) is 8.86. The van der Waals surface area contributed by atoms with E-state index in [-0.39, 0.29) is 35.2 Å². The summed E-state index contributed by atoms with van der Waals surface area (Å²) in [5, 5.41) is 11.1. The lowest BCUT2D eigenvalue weighted by Crippen LogP contribution is -2.68. The first-order valence-electron chi connectivity index (χ1n) is 12.4. The summed E-state index contributed by atoms with van der Waals surface area (Å²) in [4.78, 5) is 38.1. The van der Waals surface area contributed by atoms with Crippen LogP contribution in [0.2, 0.25) is 0 Å². The average Bonchev–Trinajstić information content (AvgIpc) is 3.44. The fraction of sp³-hybridized carbons (Fsp3) is 0.593. The Labute approximate surface area is 216 Å². The van der Waals surface area contributed by atoms with Gasteiger partial charge in [0.1, 0.15) is 12.2 Å². The van der Waals surface area contributed by atoms with Crippen molar-refractivity contribution in [3.63, 3.8) is 0 Å². The standard InChI is InChI=1S/C27H29F3O6S/c1-13-7-14-15-8-17(29)16-9-18(31)20(36-23(33)19-5-4-6-35-19)10-26(16,3)27(15,30)21(32)11-25(14,2)22(13)24(34)37-12-28/h4-6,9-10,13-15,17,21-22,32H,7-8,11-12H2,1-3H3/t13-,14+,15+,17+,21+,22-,25+,26+,27+/m1/s1. The zero-order valence-corrected chi connectivity index (χ0v) is 21.5. The van der Waals surface area contributed by atoms with Crippen LogP contribution in [0.3, 0.4) is 0 Å². The van der Waals surface area contributed by atoms with E-state index in [0.29, 0.717) is 18.2 Å². The van der Waals surface area contributed by atoms with Crippen molar-refractivity contribution in [1.29, 1.82) is 0 Å². The van der Waals surface area contributed by atoms with E-state index in [9.17, 15) is 23.9 Å². The molecule has 200 valence electrons. The second-order valence-corrected chi connectivity index (χ2v) is 12.1. The summed E-state index contributed by atoms with van der Waals surface area (Å²) in [6, 6.07) is 1.93. The summed E-state index contributed by atoms with van der Waals surface area (Å²) < 4.78 is 56.5. The smallest absolute Gasteiger partial charge is 0.379 e. The number of carbonyl (C=O) groups is 3. The van der Waals surface area contributed by atoms with E-state index in [4.69, 9.17) is 9.15 Å². The molecule has 0 radical (unpaired) electrons. The van der Waals surface area contributed by atoms with Gasteiger partial charge in [0, 0.05) is 11.8 Å². The van der Waals surface area contributed by atoms with E-state index < -0.39 is 70.0 Å². The van der Waals surface area contributed by atoms with Crippen molar-refractivity contribution in [3.8, 4) is 0 Å². The molecule has 1 heterocycles. The van der Waals surface area contributed by atoms with Crippen LogP contribution in [0.5, 0.6) is 0 Å². The molecule has 6 nitrogen and oxygen atoms in total. The van der Waals surface area contributed by atoms with E-state index >= 15 is 8.78 Å². The number of carbonyl (C=O) groups excluding carboxylic acids is 3. The molecule has 1 aromatic heterocycles. The van der Waals surface area contributed by atoms with Crippen molar-refractivity contribution < 1.29 is 41.8 Å². The van der Waals surface area contributed by atoms with Gasteiger partial charge in [-0.25, -0.2) is 18.0 Å². The van der Waals surface area contributed by atoms with Crippen molar-refractivity contribution in [2.45, 2.75) is 58.0 Å². The van der Waals surface area contributed by atoms with Gasteiger partial charge < -0.3 is 14.3 Å². The van der Waals surface area contributed by atoms with E-state index in [1.807, 2.05) is 13.8 Å². The average molecular weight is 539 g/mol. The summed E-state index contributed by atoms with van der Waals surface area (Å²) in [7, 11) is 0. The van der Waals surface area contributed by atoms with Crippen LogP contribution >= 0.6 is 11.8 Å². The number of aliphatic hydroxyl groups is 1. The third-order valence-electron chi connectivity index (χ3n) is 9.41. The quantitative estimate of drug-likeness (QED) is 0.531. The number of aliphatic hydroxyl groups excluding tert-OH is 1. The minimum atomic E-state index is -2.40. The number of esters is 1. The first-order valence-corrected chi connectivity index (χ1v) is 13.4. The molecule has 5 rings (SSSR count). The van der Waals surface area contributed by atoms with E-state index in [2.05, 4.69) is 0 Å². The van der Waals surface area contributed by atoms with Crippen LogP contribution in [0.25, 0.3) is 0 Å². The lowest BCUT2D eigenvalue weighted by molar-refractivity contribution is -0.201. The van der Waals surface area contributed by atoms with Crippen molar-refractivity contribution in [2.24, 2.45) is 34.5 Å². The molecule has 0 spiro atoms. The van der Waals surface area contributed by atoms with Gasteiger partial charge in [0.15, 0.2) is 16.5 Å². The van der Waals surface area contributed by atoms with Crippen LogP contribution in [0.4, 0.5) is 13.2 Å². The number of hydrogen-bond acceptors (Lipinski definition) is 7. The molecule has 9 atom stereocenters. The molecule has 3 fully saturated rings. The van der Waals surface area contributed by atoms with Gasteiger partial charge in [-0.2, -0.15) is 0 Å². The molecule has 0 unspecified atom stereocenters. The molecule has 0 bridgehead atoms. The van der Waals surface area contributed by atoms with Crippen molar-refractivity contribution in [1.82, 2.24) is 0 Å². The topological polar surface area (TPSA) is 93.8 Å². The summed E-state index contributed by atoms with van der Waals surface area (Å²) >= 11 is 0.572. The first-order chi connectivity index (χ1) is 17.4. The summed E-state index contributed by atoms with van der Waals surface area (Å²) in [6.07, 6.45) is 0.135. The van der Waals surface area contributed by atoms with Crippen LogP contribution in [0.15, 0.2) is 46.3 Å². The number of fused-ring (bicyclic) bond motifs is 5. The molecule has 1 aromatic rings. The Kier molecular flexibility index (Phi) is 6.30. The van der Waals surface area contributed by atoms with Crippen molar-refractivity contribution in [2.75, 3.05) is 6.01 Å². The fourth-order valence-electron chi connectivity index (χ4n) is 7.91. The number of ether oxygens (including phenoxy) is 1. The van der Waals surface area contributed by atoms with E-state index in [0.717, 1.165) is 12.2 Å². The molecule has 3 saturated carbocycles. The molecule has 0 saturated heterocycles. The lowest BCUT2D eigenvalue weighted by Gasteiger charge is -2.62. The van der Waals surface area contributed by atoms with Gasteiger partial charge in [-0.1, -0.05) is 25.6 Å². The monoisotopic (exact) mass is 538 g/mol. The van der Waals surface area contributed by atoms with Gasteiger partial charge in [-0.15, -0.1) is 0 Å². The Morgan fingerprint density at radius 3 is 2.65 bits per heavy atom. The number of halogens is 3. The minimum absolute atomic E-state index is 0.0820. The lowest BCUT2D eigenvalue weighted by atomic mass is 9.45. The molecule has 1 N–H and O–H groups in total. The molecular formula is C27H29F3O6S. The number of thioether (sulfide) groups is 1. The number of furan rings is 1. The van der Waals surface area contributed by atoms with Gasteiger partial charge in [0.05, 0.1) is 17.8 Å². The summed E-state index contributed by atoms with van der Waals surface area (Å²) in [6.45, 7) is 5.07. The molecule has 10 heteroatoms. The highest BCUT2D eigenvalue weighted by Crippen LogP contribution is 2.70. The number of ketones is 1. The second-order valence-electron chi connectivity index (χ2n) is 11.2. The Balaban J connectivity index is 1.56. The van der Waals surface area contributed by atoms with Gasteiger partial charge >= 0.3 is 5.97 Å². The fourth-order valence-corrected chi connectivity index (χ4v) is 8.70. The zero-order valence-electron chi connectivity index (χ0n) is 20.7. The molecular weight excluding hydrogens is 509 g/mol. The maximum atomic E-state index is 17.5. The highest BCUT2D eigenvalue weighted by atomic mass is 32.2. The number of rotatable bonds is 4. The minimum Gasteiger partial charge on any atom is -0.457 e. The first kappa shape index (κ1) is 26.3. The maximum Gasteiger partial charge on any atom is 0.379 e. The number of allylic oxidation sites excluding steroid dienone is 3. The van der Waals surface area contributed by atoms with Gasteiger partial charge in [-0.05, 0) is 73.3 Å². The van der Waals surface area contributed by atoms with E-state index in [1.54, 1.807) is 0 Å². The predicted octanol–water partition coefficient (Wildman–Crippen LogP) is 5.13. The highest BCUT2D eigenvalue weighted by molar-refractivity contribution is 8.13. The van der Waals surface area contributed by atoms with Crippen LogP contribution in [0, 0.1) is 34.5 Å². The van der Waals surface area contributed by atoms with Gasteiger partial charge in [-0.3, -0.25) is 9.59 Å². The van der Waals surface area contributed by atoms with Crippen LogP contribution < -0.4 is 0 Å². The van der Waals surface area contributed by atoms with Gasteiger partial charge in [0.2, 0.25) is 11.5 Å². The zero-order chi connectivity index (χ0) is 26.9. The van der Waals surface area contributed by atoms with Crippen molar-refractivity contribution >= 4 is 28.6 Å². The van der Waals surface area contributed by atoms with E-state index in [1.165, 1.54) is 25.3 Å². The molecule has 37 heavy (non-hydrogen) atoms. The third kappa shape index (κ3) is 3.61. The molecule has 4 aliphatic rings. The summed E-state index contributed by atoms with van der Waals surface area (Å²) in [5.74, 6) is -4.62. The molecule has 0 aromatic carbocycles. The molecule has 0 amide bonds. The van der Waals surface area contributed by atoms with Gasteiger partial charge in [0.25, 0.3) is 0 Å². The summed E-state index contributed by atoms with van der Waals surface area (Å²) in [5.41, 5.74) is -5.15. The van der Waals surface area contributed by atoms with Crippen LogP contribution in [-0.2, 0) is 14.3 Å². The third-order valence-corrected chi connectivity index (χ3v) is 10.1. The van der Waals surface area contributed by atoms with Crippen LogP contribution in [-0.4, -0.2) is 45.9 Å². The Morgan fingerprint density at radius 1 is 1.27 bits per heavy atom. The van der Waals surface area contributed by atoms with Crippen LogP contribution in [0.1, 0.15) is 50.6 Å². The largest absolute Gasteiger partial charge is 0.457 e. The van der Waals surface area contributed by atoms with Crippen molar-refractivity contribution in [3.05, 3.63) is 47.6 Å².